The van der Waals surface area contributed by atoms with E-state index in [4.69, 9.17) is 5.11 Å². The average molecular weight is 266 g/mol. The molecule has 1 amide bonds. The molecule has 0 spiro atoms. The maximum atomic E-state index is 11.8. The van der Waals surface area contributed by atoms with Gasteiger partial charge in [0.05, 0.1) is 17.1 Å². The summed E-state index contributed by atoms with van der Waals surface area (Å²) in [5, 5.41) is 22.3. The number of aliphatic hydroxyl groups excluding tert-OH is 1. The lowest BCUT2D eigenvalue weighted by Crippen LogP contribution is -2.39. The first kappa shape index (κ1) is 15.1. The lowest BCUT2D eigenvalue weighted by atomic mass is 10.1. The third-order valence-electron chi connectivity index (χ3n) is 2.85. The summed E-state index contributed by atoms with van der Waals surface area (Å²) >= 11 is 0. The fourth-order valence-corrected chi connectivity index (χ4v) is 1.55. The maximum absolute atomic E-state index is 11.8. The number of nitrogens with one attached hydrogen (secondary N) is 1. The number of benzene rings is 1. The molecule has 0 aromatic heterocycles. The van der Waals surface area contributed by atoms with Crippen LogP contribution in [0.25, 0.3) is 0 Å². The van der Waals surface area contributed by atoms with Crippen LogP contribution in [-0.2, 0) is 0 Å². The van der Waals surface area contributed by atoms with E-state index in [2.05, 4.69) is 5.32 Å². The number of aliphatic hydroxyl groups is 1. The van der Waals surface area contributed by atoms with Crippen LogP contribution in [0.3, 0.4) is 0 Å². The van der Waals surface area contributed by atoms with Gasteiger partial charge in [0.25, 0.3) is 11.6 Å². The number of non-ortho nitro benzene ring substituents is 1. The molecule has 19 heavy (non-hydrogen) atoms. The Bertz CT molecular complexity index is 469. The van der Waals surface area contributed by atoms with E-state index in [-0.39, 0.29) is 23.8 Å². The topological polar surface area (TPSA) is 92.5 Å². The Morgan fingerprint density at radius 3 is 2.58 bits per heavy atom. The number of carbonyl (C=O) groups excluding carboxylic acids is 1. The summed E-state index contributed by atoms with van der Waals surface area (Å²) in [6.07, 6.45) is 1.48. The quantitative estimate of drug-likeness (QED) is 0.642. The molecular formula is C13H18N2O4. The van der Waals surface area contributed by atoms with Crippen molar-refractivity contribution in [3.05, 3.63) is 39.9 Å². The van der Waals surface area contributed by atoms with Crippen molar-refractivity contribution in [1.29, 1.82) is 0 Å². The summed E-state index contributed by atoms with van der Waals surface area (Å²) < 4.78 is 0. The largest absolute Gasteiger partial charge is 0.394 e. The zero-order valence-corrected chi connectivity index (χ0v) is 11.0. The molecule has 1 aliphatic rings. The Kier molecular flexibility index (Phi) is 5.00. The molecule has 0 heterocycles. The van der Waals surface area contributed by atoms with Gasteiger partial charge in [-0.1, -0.05) is 19.9 Å². The van der Waals surface area contributed by atoms with Crippen molar-refractivity contribution >= 4 is 11.6 Å². The van der Waals surface area contributed by atoms with Gasteiger partial charge >= 0.3 is 0 Å². The van der Waals surface area contributed by atoms with Crippen LogP contribution < -0.4 is 5.32 Å². The van der Waals surface area contributed by atoms with Gasteiger partial charge in [-0.25, -0.2) is 0 Å². The Morgan fingerprint density at radius 1 is 1.47 bits per heavy atom. The molecule has 2 N–H and O–H groups in total. The lowest BCUT2D eigenvalue weighted by Gasteiger charge is -2.13. The highest BCUT2D eigenvalue weighted by atomic mass is 16.6. The van der Waals surface area contributed by atoms with Crippen molar-refractivity contribution in [2.75, 3.05) is 6.61 Å². The van der Waals surface area contributed by atoms with Crippen LogP contribution in [0.5, 0.6) is 0 Å². The molecule has 0 unspecified atom stereocenters. The monoisotopic (exact) mass is 266 g/mol. The second kappa shape index (κ2) is 6.29. The number of carbonyl (C=O) groups is 1. The van der Waals surface area contributed by atoms with Crippen molar-refractivity contribution in [2.24, 2.45) is 0 Å². The number of rotatable bonds is 4. The lowest BCUT2D eigenvalue weighted by molar-refractivity contribution is -0.384. The summed E-state index contributed by atoms with van der Waals surface area (Å²) in [4.78, 5) is 21.8. The molecule has 0 atom stereocenters. The fraction of sp³-hybridized carbons (Fsp3) is 0.462. The van der Waals surface area contributed by atoms with Crippen LogP contribution in [-0.4, -0.2) is 28.1 Å². The molecule has 1 fully saturated rings. The molecule has 1 aromatic rings. The van der Waals surface area contributed by atoms with Crippen molar-refractivity contribution in [1.82, 2.24) is 5.32 Å². The average Bonchev–Trinajstić information content (AvgIpc) is 3.21. The molecule has 6 nitrogen and oxygen atoms in total. The molecule has 0 saturated heterocycles. The highest BCUT2D eigenvalue weighted by Crippen LogP contribution is 2.34. The van der Waals surface area contributed by atoms with Crippen LogP contribution in [0.15, 0.2) is 24.3 Å². The second-order valence-electron chi connectivity index (χ2n) is 4.20. The Labute approximate surface area is 111 Å². The van der Waals surface area contributed by atoms with Crippen molar-refractivity contribution in [2.45, 2.75) is 32.2 Å². The molecule has 0 aliphatic heterocycles. The minimum Gasteiger partial charge on any atom is -0.394 e. The SMILES string of the molecule is CC.O=C(NC1(CO)CC1)c1cccc([N+](=O)[O-])c1. The van der Waals surface area contributed by atoms with Crippen LogP contribution >= 0.6 is 0 Å². The van der Waals surface area contributed by atoms with Crippen LogP contribution in [0, 0.1) is 10.1 Å². The van der Waals surface area contributed by atoms with Crippen molar-refractivity contribution < 1.29 is 14.8 Å². The smallest absolute Gasteiger partial charge is 0.270 e. The Morgan fingerprint density at radius 2 is 2.11 bits per heavy atom. The van der Waals surface area contributed by atoms with Gasteiger partial charge in [0.1, 0.15) is 0 Å². The van der Waals surface area contributed by atoms with Gasteiger partial charge in [-0.05, 0) is 18.9 Å². The second-order valence-corrected chi connectivity index (χ2v) is 4.20. The number of hydrogen-bond acceptors (Lipinski definition) is 4. The summed E-state index contributed by atoms with van der Waals surface area (Å²) in [5.74, 6) is -0.389. The van der Waals surface area contributed by atoms with E-state index in [9.17, 15) is 14.9 Å². The van der Waals surface area contributed by atoms with Crippen LogP contribution in [0.4, 0.5) is 5.69 Å². The first-order chi connectivity index (χ1) is 9.06. The van der Waals surface area contributed by atoms with Crippen LogP contribution in [0.2, 0.25) is 0 Å². The molecular weight excluding hydrogens is 248 g/mol. The zero-order chi connectivity index (χ0) is 14.5. The predicted octanol–water partition coefficient (Wildman–Crippen LogP) is 1.88. The van der Waals surface area contributed by atoms with Gasteiger partial charge in [-0.2, -0.15) is 0 Å². The zero-order valence-electron chi connectivity index (χ0n) is 11.0. The van der Waals surface area contributed by atoms with E-state index < -0.39 is 10.5 Å². The third kappa shape index (κ3) is 3.75. The summed E-state index contributed by atoms with van der Waals surface area (Å²) in [6.45, 7) is 3.90. The van der Waals surface area contributed by atoms with Gasteiger partial charge in [-0.15, -0.1) is 0 Å². The van der Waals surface area contributed by atoms with Crippen molar-refractivity contribution in [3.63, 3.8) is 0 Å². The molecule has 0 radical (unpaired) electrons. The normalized spacial score (nSPS) is 14.9. The predicted molar refractivity (Wildman–Crippen MR) is 71.0 cm³/mol. The van der Waals surface area contributed by atoms with E-state index in [1.165, 1.54) is 24.3 Å². The van der Waals surface area contributed by atoms with E-state index in [1.54, 1.807) is 0 Å². The first-order valence-electron chi connectivity index (χ1n) is 6.24. The number of amides is 1. The molecule has 0 bridgehead atoms. The Hall–Kier alpha value is -1.95. The van der Waals surface area contributed by atoms with E-state index in [0.717, 1.165) is 12.8 Å². The Balaban J connectivity index is 0.000000861. The van der Waals surface area contributed by atoms with E-state index in [1.807, 2.05) is 13.8 Å². The van der Waals surface area contributed by atoms with Gasteiger partial charge in [-0.3, -0.25) is 14.9 Å². The molecule has 2 rings (SSSR count). The molecule has 6 heteroatoms. The number of hydrogen-bond donors (Lipinski definition) is 2. The standard InChI is InChI=1S/C11H12N2O4.C2H6/c14-7-11(4-5-11)12-10(15)8-2-1-3-9(6-8)13(16)17;1-2/h1-3,6,14H,4-5,7H2,(H,12,15);1-2H3. The van der Waals surface area contributed by atoms with E-state index in [0.29, 0.717) is 0 Å². The molecule has 1 aliphatic carbocycles. The summed E-state index contributed by atoms with van der Waals surface area (Å²) in [6, 6.07) is 5.53. The number of nitro groups is 1. The summed E-state index contributed by atoms with van der Waals surface area (Å²) in [7, 11) is 0. The maximum Gasteiger partial charge on any atom is 0.270 e. The summed E-state index contributed by atoms with van der Waals surface area (Å²) in [5.41, 5.74) is -0.396. The first-order valence-corrected chi connectivity index (χ1v) is 6.24. The van der Waals surface area contributed by atoms with Crippen LogP contribution in [0.1, 0.15) is 37.0 Å². The van der Waals surface area contributed by atoms with E-state index >= 15 is 0 Å². The number of nitro benzene ring substituents is 1. The van der Waals surface area contributed by atoms with Crippen molar-refractivity contribution in [3.8, 4) is 0 Å². The van der Waals surface area contributed by atoms with Gasteiger partial charge in [0.15, 0.2) is 0 Å². The molecule has 1 saturated carbocycles. The highest BCUT2D eigenvalue weighted by molar-refractivity contribution is 5.95. The minimum atomic E-state index is -0.546. The highest BCUT2D eigenvalue weighted by Gasteiger charge is 2.43. The molecule has 1 aromatic carbocycles. The fourth-order valence-electron chi connectivity index (χ4n) is 1.55. The van der Waals surface area contributed by atoms with Gasteiger partial charge in [0.2, 0.25) is 0 Å². The van der Waals surface area contributed by atoms with Gasteiger partial charge < -0.3 is 10.4 Å². The molecule has 104 valence electrons. The number of nitrogens with zero attached hydrogens (tertiary/aromatic N) is 1. The minimum absolute atomic E-state index is 0.104. The van der Waals surface area contributed by atoms with Gasteiger partial charge in [0, 0.05) is 17.7 Å². The third-order valence-corrected chi connectivity index (χ3v) is 2.85.